The Kier molecular flexibility index (Phi) is 4.84. The molecule has 26 heavy (non-hydrogen) atoms. The van der Waals surface area contributed by atoms with Crippen molar-refractivity contribution in [3.05, 3.63) is 55.3 Å². The molecule has 0 bridgehead atoms. The topological polar surface area (TPSA) is 77.5 Å². The first-order chi connectivity index (χ1) is 12.2. The number of carbonyl (C=O) groups is 1. The van der Waals surface area contributed by atoms with Crippen molar-refractivity contribution in [3.63, 3.8) is 0 Å². The number of benzene rings is 1. The van der Waals surface area contributed by atoms with Crippen molar-refractivity contribution in [1.29, 1.82) is 0 Å². The number of nitro benzene ring substituents is 1. The van der Waals surface area contributed by atoms with Gasteiger partial charge in [0.15, 0.2) is 4.80 Å². The highest BCUT2D eigenvalue weighted by Crippen LogP contribution is 2.33. The first-order valence-electron chi connectivity index (χ1n) is 8.71. The van der Waals surface area contributed by atoms with Crippen molar-refractivity contribution >= 4 is 22.9 Å². The van der Waals surface area contributed by atoms with Crippen LogP contribution in [0.1, 0.15) is 54.5 Å². The molecule has 6 nitrogen and oxygen atoms in total. The smallest absolute Gasteiger partial charge is 0.279 e. The molecule has 0 atom stereocenters. The van der Waals surface area contributed by atoms with Gasteiger partial charge in [0.05, 0.1) is 4.92 Å². The summed E-state index contributed by atoms with van der Waals surface area (Å²) < 4.78 is 2.14. The van der Waals surface area contributed by atoms with Gasteiger partial charge in [0.1, 0.15) is 0 Å². The Morgan fingerprint density at radius 2 is 2.08 bits per heavy atom. The summed E-state index contributed by atoms with van der Waals surface area (Å²) in [6, 6.07) is 5.73. The van der Waals surface area contributed by atoms with Crippen molar-refractivity contribution < 1.29 is 9.72 Å². The van der Waals surface area contributed by atoms with E-state index in [0.717, 1.165) is 12.2 Å². The molecule has 1 aliphatic carbocycles. The number of hydrogen-bond acceptors (Lipinski definition) is 4. The van der Waals surface area contributed by atoms with E-state index in [1.165, 1.54) is 47.3 Å². The van der Waals surface area contributed by atoms with Gasteiger partial charge in [0.25, 0.3) is 11.6 Å². The normalized spacial score (nSPS) is 15.3. The van der Waals surface area contributed by atoms with E-state index >= 15 is 0 Å². The summed E-state index contributed by atoms with van der Waals surface area (Å²) in [5, 5.41) is 10.9. The highest BCUT2D eigenvalue weighted by molar-refractivity contribution is 7.09. The maximum atomic E-state index is 12.6. The average Bonchev–Trinajstić information content (AvgIpc) is 3.33. The van der Waals surface area contributed by atoms with E-state index in [2.05, 4.69) is 37.3 Å². The van der Waals surface area contributed by atoms with Gasteiger partial charge in [-0.3, -0.25) is 14.9 Å². The molecule has 1 amide bonds. The van der Waals surface area contributed by atoms with Gasteiger partial charge in [0, 0.05) is 34.8 Å². The van der Waals surface area contributed by atoms with Crippen molar-refractivity contribution in [2.45, 2.75) is 52.5 Å². The molecule has 0 unspecified atom stereocenters. The summed E-state index contributed by atoms with van der Waals surface area (Å²) >= 11 is 1.54. The lowest BCUT2D eigenvalue weighted by atomic mass is 9.93. The highest BCUT2D eigenvalue weighted by atomic mass is 32.1. The molecule has 1 aromatic carbocycles. The van der Waals surface area contributed by atoms with Crippen molar-refractivity contribution in [2.75, 3.05) is 0 Å². The maximum absolute atomic E-state index is 12.6. The first-order valence-corrected chi connectivity index (χ1v) is 9.52. The lowest BCUT2D eigenvalue weighted by molar-refractivity contribution is -0.384. The van der Waals surface area contributed by atoms with Crippen molar-refractivity contribution in [3.8, 4) is 0 Å². The number of nitro groups is 1. The monoisotopic (exact) mass is 373 g/mol. The molecule has 0 radical (unpaired) electrons. The van der Waals surface area contributed by atoms with E-state index in [1.54, 1.807) is 6.07 Å². The first kappa shape index (κ1) is 18.5. The minimum Gasteiger partial charge on any atom is -0.320 e. The Morgan fingerprint density at radius 3 is 2.65 bits per heavy atom. The van der Waals surface area contributed by atoms with Gasteiger partial charge in [-0.25, -0.2) is 0 Å². The predicted octanol–water partition coefficient (Wildman–Crippen LogP) is 4.21. The average molecular weight is 373 g/mol. The van der Waals surface area contributed by atoms with Gasteiger partial charge in [-0.2, -0.15) is 4.99 Å². The number of nitrogens with zero attached hydrogens (tertiary/aromatic N) is 3. The van der Waals surface area contributed by atoms with E-state index in [1.807, 2.05) is 0 Å². The molecule has 1 aliphatic rings. The third-order valence-corrected chi connectivity index (χ3v) is 6.08. The van der Waals surface area contributed by atoms with Crippen LogP contribution in [0.15, 0.2) is 29.3 Å². The van der Waals surface area contributed by atoms with Crippen LogP contribution < -0.4 is 4.80 Å². The summed E-state index contributed by atoms with van der Waals surface area (Å²) in [4.78, 5) is 29.3. The number of amides is 1. The van der Waals surface area contributed by atoms with Gasteiger partial charge in [-0.05, 0) is 37.2 Å². The van der Waals surface area contributed by atoms with Crippen LogP contribution in [-0.4, -0.2) is 15.4 Å². The third kappa shape index (κ3) is 3.93. The molecule has 0 spiro atoms. The van der Waals surface area contributed by atoms with E-state index in [4.69, 9.17) is 0 Å². The molecular formula is C19H23N3O3S. The minimum atomic E-state index is -0.503. The van der Waals surface area contributed by atoms with E-state index in [0.29, 0.717) is 10.7 Å². The Labute approximate surface area is 156 Å². The Bertz CT molecular complexity index is 930. The number of non-ortho nitro benzene ring substituents is 1. The fourth-order valence-corrected chi connectivity index (χ4v) is 4.14. The molecule has 0 N–H and O–H groups in total. The SMILES string of the molecule is Cc1c(C(C)(C)C)sc(=NC(=O)c2cccc([N+](=O)[O-])c2)n1CC1CC1. The Balaban J connectivity index is 2.05. The Hall–Kier alpha value is -2.28. The van der Waals surface area contributed by atoms with Crippen LogP contribution in [0.3, 0.4) is 0 Å². The van der Waals surface area contributed by atoms with Crippen LogP contribution in [-0.2, 0) is 12.0 Å². The van der Waals surface area contributed by atoms with Gasteiger partial charge in [-0.15, -0.1) is 11.3 Å². The zero-order valence-electron chi connectivity index (χ0n) is 15.5. The van der Waals surface area contributed by atoms with Crippen LogP contribution in [0.2, 0.25) is 0 Å². The molecule has 0 saturated heterocycles. The number of hydrogen-bond donors (Lipinski definition) is 0. The second kappa shape index (κ2) is 6.79. The quantitative estimate of drug-likeness (QED) is 0.595. The van der Waals surface area contributed by atoms with E-state index in [9.17, 15) is 14.9 Å². The van der Waals surface area contributed by atoms with Gasteiger partial charge >= 0.3 is 0 Å². The number of aromatic nitrogens is 1. The summed E-state index contributed by atoms with van der Waals surface area (Å²) in [6.45, 7) is 9.41. The highest BCUT2D eigenvalue weighted by Gasteiger charge is 2.27. The molecule has 7 heteroatoms. The molecule has 2 aromatic rings. The zero-order chi connectivity index (χ0) is 19.1. The lowest BCUT2D eigenvalue weighted by Gasteiger charge is -2.17. The van der Waals surface area contributed by atoms with E-state index < -0.39 is 10.8 Å². The maximum Gasteiger partial charge on any atom is 0.279 e. The fraction of sp³-hybridized carbons (Fsp3) is 0.474. The molecule has 0 aliphatic heterocycles. The largest absolute Gasteiger partial charge is 0.320 e. The molecule has 138 valence electrons. The van der Waals surface area contributed by atoms with Crippen LogP contribution in [0, 0.1) is 23.0 Å². The van der Waals surface area contributed by atoms with Crippen LogP contribution in [0.5, 0.6) is 0 Å². The van der Waals surface area contributed by atoms with Gasteiger partial charge < -0.3 is 4.57 Å². The minimum absolute atomic E-state index is 0.0254. The van der Waals surface area contributed by atoms with E-state index in [-0.39, 0.29) is 16.7 Å². The molecular weight excluding hydrogens is 350 g/mol. The summed E-state index contributed by atoms with van der Waals surface area (Å²) in [5.74, 6) is 0.211. The molecule has 1 heterocycles. The predicted molar refractivity (Wildman–Crippen MR) is 101 cm³/mol. The second-order valence-electron chi connectivity index (χ2n) is 7.83. The lowest BCUT2D eigenvalue weighted by Crippen LogP contribution is -2.19. The zero-order valence-corrected chi connectivity index (χ0v) is 16.3. The third-order valence-electron chi connectivity index (χ3n) is 4.48. The van der Waals surface area contributed by atoms with Gasteiger partial charge in [-0.1, -0.05) is 26.8 Å². The summed E-state index contributed by atoms with van der Waals surface area (Å²) in [6.07, 6.45) is 2.43. The molecule has 1 fully saturated rings. The summed E-state index contributed by atoms with van der Waals surface area (Å²) in [5.41, 5.74) is 1.26. The fourth-order valence-electron chi connectivity index (χ4n) is 2.94. The number of rotatable bonds is 4. The molecule has 1 saturated carbocycles. The number of carbonyl (C=O) groups excluding carboxylic acids is 1. The van der Waals surface area contributed by atoms with Crippen LogP contribution >= 0.6 is 11.3 Å². The standard InChI is InChI=1S/C19H23N3O3S/c1-12-16(19(2,3)4)26-18(21(12)11-13-8-9-13)20-17(23)14-6-5-7-15(10-14)22(24)25/h5-7,10,13H,8-9,11H2,1-4H3. The molecule has 3 rings (SSSR count). The summed E-state index contributed by atoms with van der Waals surface area (Å²) in [7, 11) is 0. The van der Waals surface area contributed by atoms with Gasteiger partial charge in [0.2, 0.25) is 0 Å². The van der Waals surface area contributed by atoms with Crippen molar-refractivity contribution in [2.24, 2.45) is 10.9 Å². The van der Waals surface area contributed by atoms with Crippen LogP contribution in [0.25, 0.3) is 0 Å². The van der Waals surface area contributed by atoms with Crippen molar-refractivity contribution in [1.82, 2.24) is 4.57 Å². The van der Waals surface area contributed by atoms with Crippen LogP contribution in [0.4, 0.5) is 5.69 Å². The second-order valence-corrected chi connectivity index (χ2v) is 8.81. The molecule has 1 aromatic heterocycles. The number of thiazole rings is 1. The Morgan fingerprint density at radius 1 is 1.38 bits per heavy atom.